The van der Waals surface area contributed by atoms with Crippen molar-refractivity contribution in [2.45, 2.75) is 6.92 Å². The summed E-state index contributed by atoms with van der Waals surface area (Å²) in [6.07, 6.45) is 0. The zero-order chi connectivity index (χ0) is 15.7. The lowest BCUT2D eigenvalue weighted by molar-refractivity contribution is -0.115. The third-order valence-electron chi connectivity index (χ3n) is 3.23. The topological polar surface area (TPSA) is 32.7 Å². The molecule has 0 unspecified atom stereocenters. The molecule has 0 N–H and O–H groups in total. The first-order valence-electron chi connectivity index (χ1n) is 6.61. The van der Waals surface area contributed by atoms with Gasteiger partial charge in [0.1, 0.15) is 11.6 Å². The molecule has 0 aromatic heterocycles. The summed E-state index contributed by atoms with van der Waals surface area (Å²) in [6, 6.07) is 9.96. The summed E-state index contributed by atoms with van der Waals surface area (Å²) in [5.41, 5.74) is 1.80. The Labute approximate surface area is 130 Å². The maximum Gasteiger partial charge on any atom is 0.243 e. The van der Waals surface area contributed by atoms with E-state index in [0.29, 0.717) is 16.5 Å². The van der Waals surface area contributed by atoms with Crippen LogP contribution >= 0.6 is 11.8 Å². The molecular weight excluding hydrogens is 306 g/mol. The molecule has 1 saturated heterocycles. The maximum atomic E-state index is 13.5. The Morgan fingerprint density at radius 2 is 1.77 bits per heavy atom. The average molecular weight is 318 g/mol. The van der Waals surface area contributed by atoms with E-state index in [1.165, 1.54) is 53.1 Å². The number of amides is 1. The van der Waals surface area contributed by atoms with Crippen LogP contribution in [0.4, 0.5) is 20.2 Å². The molecule has 0 spiro atoms. The summed E-state index contributed by atoms with van der Waals surface area (Å²) in [6.45, 7) is 1.81. The first kappa shape index (κ1) is 14.7. The lowest BCUT2D eigenvalue weighted by atomic mass is 10.2. The molecule has 1 aliphatic heterocycles. The fourth-order valence-corrected chi connectivity index (χ4v) is 3.01. The number of rotatable bonds is 2. The minimum absolute atomic E-state index is 0.153. The predicted octanol–water partition coefficient (Wildman–Crippen LogP) is 4.04. The minimum atomic E-state index is -0.411. The number of nitrogens with zero attached hydrogens (tertiary/aromatic N) is 2. The SMILES string of the molecule is Cc1ccc(F)cc1N1C(=O)CSC1=Nc1ccc(F)cc1. The third kappa shape index (κ3) is 2.87. The van der Waals surface area contributed by atoms with Crippen molar-refractivity contribution in [3.63, 3.8) is 0 Å². The second kappa shape index (κ2) is 5.88. The number of thioether (sulfide) groups is 1. The van der Waals surface area contributed by atoms with Crippen molar-refractivity contribution in [3.8, 4) is 0 Å². The van der Waals surface area contributed by atoms with E-state index >= 15 is 0 Å². The molecule has 0 atom stereocenters. The summed E-state index contributed by atoms with van der Waals surface area (Å²) in [5, 5.41) is 0.463. The number of anilines is 1. The van der Waals surface area contributed by atoms with Gasteiger partial charge in [0.05, 0.1) is 17.1 Å². The van der Waals surface area contributed by atoms with Crippen molar-refractivity contribution in [1.82, 2.24) is 0 Å². The summed E-state index contributed by atoms with van der Waals surface area (Å²) >= 11 is 1.28. The number of aryl methyl sites for hydroxylation is 1. The molecule has 1 aliphatic rings. The Morgan fingerprint density at radius 3 is 2.50 bits per heavy atom. The summed E-state index contributed by atoms with van der Waals surface area (Å²) in [5.74, 6) is -0.668. The van der Waals surface area contributed by atoms with Crippen molar-refractivity contribution in [3.05, 3.63) is 59.7 Å². The Kier molecular flexibility index (Phi) is 3.94. The van der Waals surface area contributed by atoms with Gasteiger partial charge in [0.25, 0.3) is 0 Å². The largest absolute Gasteiger partial charge is 0.273 e. The zero-order valence-corrected chi connectivity index (χ0v) is 12.5. The number of carbonyl (C=O) groups is 1. The third-order valence-corrected chi connectivity index (χ3v) is 4.15. The molecule has 1 amide bonds. The Bertz CT molecular complexity index is 759. The van der Waals surface area contributed by atoms with E-state index in [2.05, 4.69) is 4.99 Å². The maximum absolute atomic E-state index is 13.5. The van der Waals surface area contributed by atoms with E-state index in [0.717, 1.165) is 5.56 Å². The van der Waals surface area contributed by atoms with Gasteiger partial charge in [0, 0.05) is 0 Å². The van der Waals surface area contributed by atoms with Crippen LogP contribution in [0.2, 0.25) is 0 Å². The van der Waals surface area contributed by atoms with Gasteiger partial charge in [-0.15, -0.1) is 0 Å². The smallest absolute Gasteiger partial charge is 0.243 e. The second-order valence-corrected chi connectivity index (χ2v) is 5.76. The Balaban J connectivity index is 2.02. The van der Waals surface area contributed by atoms with Gasteiger partial charge in [0.2, 0.25) is 5.91 Å². The van der Waals surface area contributed by atoms with Crippen LogP contribution in [-0.4, -0.2) is 16.8 Å². The molecular formula is C16H12F2N2OS. The molecule has 0 bridgehead atoms. The van der Waals surface area contributed by atoms with Gasteiger partial charge in [-0.05, 0) is 48.9 Å². The normalized spacial score (nSPS) is 16.6. The summed E-state index contributed by atoms with van der Waals surface area (Å²) in [7, 11) is 0. The Morgan fingerprint density at radius 1 is 1.09 bits per heavy atom. The predicted molar refractivity (Wildman–Crippen MR) is 84.6 cm³/mol. The quantitative estimate of drug-likeness (QED) is 0.837. The molecule has 0 radical (unpaired) electrons. The first-order valence-corrected chi connectivity index (χ1v) is 7.59. The fourth-order valence-electron chi connectivity index (χ4n) is 2.13. The lowest BCUT2D eigenvalue weighted by Gasteiger charge is -2.18. The summed E-state index contributed by atoms with van der Waals surface area (Å²) in [4.78, 5) is 17.9. The highest BCUT2D eigenvalue weighted by Crippen LogP contribution is 2.31. The molecule has 1 fully saturated rings. The number of hydrogen-bond donors (Lipinski definition) is 0. The molecule has 1 heterocycles. The van der Waals surface area contributed by atoms with Crippen LogP contribution in [0.3, 0.4) is 0 Å². The number of amidine groups is 1. The van der Waals surface area contributed by atoms with Crippen LogP contribution < -0.4 is 4.90 Å². The molecule has 2 aromatic rings. The van der Waals surface area contributed by atoms with E-state index in [9.17, 15) is 13.6 Å². The Hall–Kier alpha value is -2.21. The van der Waals surface area contributed by atoms with Gasteiger partial charge in [-0.1, -0.05) is 17.8 Å². The van der Waals surface area contributed by atoms with Crippen molar-refractivity contribution >= 4 is 34.2 Å². The number of aliphatic imine (C=N–C) groups is 1. The molecule has 0 aliphatic carbocycles. The van der Waals surface area contributed by atoms with Crippen molar-refractivity contribution in [1.29, 1.82) is 0 Å². The van der Waals surface area contributed by atoms with Gasteiger partial charge in [-0.25, -0.2) is 13.8 Å². The highest BCUT2D eigenvalue weighted by molar-refractivity contribution is 8.15. The monoisotopic (exact) mass is 318 g/mol. The number of carbonyl (C=O) groups excluding carboxylic acids is 1. The van der Waals surface area contributed by atoms with Crippen molar-refractivity contribution in [2.75, 3.05) is 10.7 Å². The molecule has 0 saturated carbocycles. The van der Waals surface area contributed by atoms with E-state index in [-0.39, 0.29) is 17.5 Å². The molecule has 6 heteroatoms. The van der Waals surface area contributed by atoms with Gasteiger partial charge in [-0.3, -0.25) is 9.69 Å². The van der Waals surface area contributed by atoms with Crippen LogP contribution in [0.15, 0.2) is 47.5 Å². The van der Waals surface area contributed by atoms with Gasteiger partial charge >= 0.3 is 0 Å². The summed E-state index contributed by atoms with van der Waals surface area (Å²) < 4.78 is 26.4. The van der Waals surface area contributed by atoms with E-state index in [4.69, 9.17) is 0 Å². The zero-order valence-electron chi connectivity index (χ0n) is 11.7. The highest BCUT2D eigenvalue weighted by atomic mass is 32.2. The van der Waals surface area contributed by atoms with Crippen LogP contribution in [0.1, 0.15) is 5.56 Å². The van der Waals surface area contributed by atoms with Gasteiger partial charge < -0.3 is 0 Å². The lowest BCUT2D eigenvalue weighted by Crippen LogP contribution is -2.29. The molecule has 22 heavy (non-hydrogen) atoms. The minimum Gasteiger partial charge on any atom is -0.273 e. The van der Waals surface area contributed by atoms with Gasteiger partial charge in [0.15, 0.2) is 5.17 Å². The molecule has 112 valence electrons. The standard InChI is InChI=1S/C16H12F2N2OS/c1-10-2-3-12(18)8-14(10)20-15(21)9-22-16(20)19-13-6-4-11(17)5-7-13/h2-8H,9H2,1H3. The average Bonchev–Trinajstić information content (AvgIpc) is 2.85. The van der Waals surface area contributed by atoms with Crippen molar-refractivity contribution < 1.29 is 13.6 Å². The van der Waals surface area contributed by atoms with Crippen molar-refractivity contribution in [2.24, 2.45) is 4.99 Å². The number of hydrogen-bond acceptors (Lipinski definition) is 3. The van der Waals surface area contributed by atoms with Crippen LogP contribution in [0.5, 0.6) is 0 Å². The van der Waals surface area contributed by atoms with Crippen LogP contribution in [0, 0.1) is 18.6 Å². The second-order valence-electron chi connectivity index (χ2n) is 4.82. The first-order chi connectivity index (χ1) is 10.5. The van der Waals surface area contributed by atoms with E-state index in [1.54, 1.807) is 13.0 Å². The molecule has 3 nitrogen and oxygen atoms in total. The molecule has 2 aromatic carbocycles. The van der Waals surface area contributed by atoms with Gasteiger partial charge in [-0.2, -0.15) is 0 Å². The van der Waals surface area contributed by atoms with Crippen LogP contribution in [0.25, 0.3) is 0 Å². The van der Waals surface area contributed by atoms with Crippen LogP contribution in [-0.2, 0) is 4.79 Å². The van der Waals surface area contributed by atoms with E-state index < -0.39 is 5.82 Å². The highest BCUT2D eigenvalue weighted by Gasteiger charge is 2.30. The number of benzene rings is 2. The fraction of sp³-hybridized carbons (Fsp3) is 0.125. The number of halogens is 2. The molecule has 3 rings (SSSR count). The van der Waals surface area contributed by atoms with E-state index in [1.807, 2.05) is 0 Å².